The van der Waals surface area contributed by atoms with Crippen LogP contribution in [0, 0.1) is 0 Å². The molecular formula is C7H8BrN7O. The standard InChI is InChI=1S/C7H8BrN7O/c1-15-3(4(8)13-14-15)5-10-6(9)12-7(11-5)16-2/h1-2H3,(H2,9,10,11,12). The third-order valence-electron chi connectivity index (χ3n) is 1.81. The van der Waals surface area contributed by atoms with Crippen molar-refractivity contribution < 1.29 is 4.74 Å². The van der Waals surface area contributed by atoms with Crippen LogP contribution in [0.2, 0.25) is 0 Å². The molecule has 8 nitrogen and oxygen atoms in total. The predicted octanol–water partition coefficient (Wildman–Crippen LogP) is 0.0204. The van der Waals surface area contributed by atoms with Crippen molar-refractivity contribution in [3.8, 4) is 17.5 Å². The fourth-order valence-corrected chi connectivity index (χ4v) is 1.64. The second-order valence-corrected chi connectivity index (χ2v) is 3.61. The summed E-state index contributed by atoms with van der Waals surface area (Å²) < 4.78 is 6.96. The minimum Gasteiger partial charge on any atom is -0.467 e. The van der Waals surface area contributed by atoms with Crippen molar-refractivity contribution in [1.29, 1.82) is 0 Å². The summed E-state index contributed by atoms with van der Waals surface area (Å²) >= 11 is 3.25. The summed E-state index contributed by atoms with van der Waals surface area (Å²) in [7, 11) is 3.18. The van der Waals surface area contributed by atoms with Gasteiger partial charge < -0.3 is 10.5 Å². The van der Waals surface area contributed by atoms with Crippen LogP contribution in [0.25, 0.3) is 11.5 Å². The lowest BCUT2D eigenvalue weighted by atomic mass is 10.4. The molecular weight excluding hydrogens is 278 g/mol. The summed E-state index contributed by atoms with van der Waals surface area (Å²) in [6.07, 6.45) is 0. The smallest absolute Gasteiger partial charge is 0.321 e. The molecule has 84 valence electrons. The molecule has 2 heterocycles. The largest absolute Gasteiger partial charge is 0.467 e. The van der Waals surface area contributed by atoms with Crippen LogP contribution in [0.1, 0.15) is 0 Å². The Bertz CT molecular complexity index is 506. The number of aryl methyl sites for hydroxylation is 1. The Morgan fingerprint density at radius 1 is 1.31 bits per heavy atom. The third kappa shape index (κ3) is 1.81. The Morgan fingerprint density at radius 3 is 2.62 bits per heavy atom. The van der Waals surface area contributed by atoms with Gasteiger partial charge in [-0.3, -0.25) is 0 Å². The molecule has 0 bridgehead atoms. The van der Waals surface area contributed by atoms with Gasteiger partial charge in [-0.25, -0.2) is 4.68 Å². The maximum absolute atomic E-state index is 5.53. The van der Waals surface area contributed by atoms with Crippen molar-refractivity contribution in [2.45, 2.75) is 0 Å². The first-order chi connectivity index (χ1) is 7.61. The van der Waals surface area contributed by atoms with Crippen LogP contribution in [0.15, 0.2) is 4.60 Å². The third-order valence-corrected chi connectivity index (χ3v) is 2.35. The van der Waals surface area contributed by atoms with Crippen molar-refractivity contribution in [3.63, 3.8) is 0 Å². The fraction of sp³-hybridized carbons (Fsp3) is 0.286. The van der Waals surface area contributed by atoms with Gasteiger partial charge >= 0.3 is 6.01 Å². The number of nitrogen functional groups attached to an aromatic ring is 1. The molecule has 0 aliphatic carbocycles. The van der Waals surface area contributed by atoms with Gasteiger partial charge in [-0.15, -0.1) is 5.10 Å². The highest BCUT2D eigenvalue weighted by atomic mass is 79.9. The number of aromatic nitrogens is 6. The van der Waals surface area contributed by atoms with Gasteiger partial charge in [0.25, 0.3) is 0 Å². The summed E-state index contributed by atoms with van der Waals surface area (Å²) in [5.41, 5.74) is 6.14. The number of hydrogen-bond donors (Lipinski definition) is 1. The molecule has 0 radical (unpaired) electrons. The molecule has 0 aromatic carbocycles. The Labute approximate surface area is 99.0 Å². The van der Waals surface area contributed by atoms with Crippen LogP contribution in [0.5, 0.6) is 6.01 Å². The summed E-state index contributed by atoms with van der Waals surface area (Å²) in [6, 6.07) is 0.149. The van der Waals surface area contributed by atoms with E-state index in [1.165, 1.54) is 11.8 Å². The molecule has 0 fully saturated rings. The monoisotopic (exact) mass is 285 g/mol. The van der Waals surface area contributed by atoms with Gasteiger partial charge in [-0.2, -0.15) is 15.0 Å². The highest BCUT2D eigenvalue weighted by molar-refractivity contribution is 9.10. The van der Waals surface area contributed by atoms with Crippen LogP contribution in [-0.2, 0) is 7.05 Å². The van der Waals surface area contributed by atoms with Crippen molar-refractivity contribution in [1.82, 2.24) is 29.9 Å². The van der Waals surface area contributed by atoms with E-state index in [2.05, 4.69) is 41.2 Å². The van der Waals surface area contributed by atoms with E-state index in [0.29, 0.717) is 16.1 Å². The Balaban J connectivity index is 2.60. The topological polar surface area (TPSA) is 105 Å². The average molecular weight is 286 g/mol. The van der Waals surface area contributed by atoms with E-state index in [9.17, 15) is 0 Å². The molecule has 2 aromatic rings. The van der Waals surface area contributed by atoms with Gasteiger partial charge in [0.15, 0.2) is 10.4 Å². The van der Waals surface area contributed by atoms with E-state index in [0.717, 1.165) is 0 Å². The first-order valence-corrected chi connectivity index (χ1v) is 5.02. The van der Waals surface area contributed by atoms with Crippen LogP contribution in [-0.4, -0.2) is 37.1 Å². The number of hydrogen-bond acceptors (Lipinski definition) is 7. The molecule has 0 atom stereocenters. The molecule has 0 saturated carbocycles. The average Bonchev–Trinajstić information content (AvgIpc) is 2.57. The maximum atomic E-state index is 5.53. The van der Waals surface area contributed by atoms with Gasteiger partial charge in [0.1, 0.15) is 5.69 Å². The molecule has 0 amide bonds. The minimum atomic E-state index is 0.0787. The van der Waals surface area contributed by atoms with Crippen LogP contribution < -0.4 is 10.5 Å². The minimum absolute atomic E-state index is 0.0787. The Kier molecular flexibility index (Phi) is 2.69. The summed E-state index contributed by atoms with van der Waals surface area (Å²) in [5.74, 6) is 0.429. The van der Waals surface area contributed by atoms with Crippen molar-refractivity contribution in [3.05, 3.63) is 4.60 Å². The van der Waals surface area contributed by atoms with Crippen LogP contribution in [0.4, 0.5) is 5.95 Å². The van der Waals surface area contributed by atoms with Gasteiger partial charge in [-0.05, 0) is 15.9 Å². The zero-order chi connectivity index (χ0) is 11.7. The molecule has 0 unspecified atom stereocenters. The Hall–Kier alpha value is -1.77. The Morgan fingerprint density at radius 2 is 2.06 bits per heavy atom. The van der Waals surface area contributed by atoms with E-state index in [4.69, 9.17) is 10.5 Å². The second kappa shape index (κ2) is 4.00. The molecule has 9 heteroatoms. The molecule has 0 spiro atoms. The van der Waals surface area contributed by atoms with Gasteiger partial charge in [0.2, 0.25) is 5.95 Å². The molecule has 2 N–H and O–H groups in total. The first kappa shape index (κ1) is 10.7. The molecule has 0 saturated heterocycles. The highest BCUT2D eigenvalue weighted by Gasteiger charge is 2.15. The normalized spacial score (nSPS) is 10.4. The van der Waals surface area contributed by atoms with Crippen LogP contribution in [0.3, 0.4) is 0 Å². The van der Waals surface area contributed by atoms with Gasteiger partial charge in [0.05, 0.1) is 7.11 Å². The molecule has 0 aliphatic heterocycles. The van der Waals surface area contributed by atoms with Crippen LogP contribution >= 0.6 is 15.9 Å². The van der Waals surface area contributed by atoms with Gasteiger partial charge in [-0.1, -0.05) is 5.21 Å². The zero-order valence-electron chi connectivity index (χ0n) is 8.55. The van der Waals surface area contributed by atoms with Crippen molar-refractivity contribution >= 4 is 21.9 Å². The highest BCUT2D eigenvalue weighted by Crippen LogP contribution is 2.23. The number of halogens is 1. The number of anilines is 1. The van der Waals surface area contributed by atoms with E-state index >= 15 is 0 Å². The number of ether oxygens (including phenoxy) is 1. The first-order valence-electron chi connectivity index (χ1n) is 4.23. The summed E-state index contributed by atoms with van der Waals surface area (Å²) in [4.78, 5) is 11.8. The number of methoxy groups -OCH3 is 1. The zero-order valence-corrected chi connectivity index (χ0v) is 10.1. The van der Waals surface area contributed by atoms with E-state index in [1.54, 1.807) is 7.05 Å². The molecule has 16 heavy (non-hydrogen) atoms. The summed E-state index contributed by atoms with van der Waals surface area (Å²) in [6.45, 7) is 0. The van der Waals surface area contributed by atoms with Gasteiger partial charge in [0, 0.05) is 7.05 Å². The van der Waals surface area contributed by atoms with Crippen molar-refractivity contribution in [2.24, 2.45) is 7.05 Å². The number of rotatable bonds is 2. The fourth-order valence-electron chi connectivity index (χ4n) is 1.14. The maximum Gasteiger partial charge on any atom is 0.321 e. The molecule has 0 aliphatic rings. The lowest BCUT2D eigenvalue weighted by molar-refractivity contribution is 0.379. The second-order valence-electron chi connectivity index (χ2n) is 2.86. The van der Waals surface area contributed by atoms with Crippen molar-refractivity contribution in [2.75, 3.05) is 12.8 Å². The van der Waals surface area contributed by atoms with E-state index < -0.39 is 0 Å². The molecule has 2 aromatic heterocycles. The lowest BCUT2D eigenvalue weighted by Crippen LogP contribution is -2.05. The summed E-state index contributed by atoms with van der Waals surface area (Å²) in [5, 5.41) is 7.64. The SMILES string of the molecule is COc1nc(N)nc(-c2c(Br)nnn2C)n1. The molecule has 2 rings (SSSR count). The van der Waals surface area contributed by atoms with E-state index in [1.807, 2.05) is 0 Å². The van der Waals surface area contributed by atoms with E-state index in [-0.39, 0.29) is 12.0 Å². The predicted molar refractivity (Wildman–Crippen MR) is 58.5 cm³/mol. The number of nitrogens with two attached hydrogens (primary N) is 1. The number of nitrogens with zero attached hydrogens (tertiary/aromatic N) is 6. The quantitative estimate of drug-likeness (QED) is 0.829. The lowest BCUT2D eigenvalue weighted by Gasteiger charge is -2.03.